The SMILES string of the molecule is CCc1nc(NC(C)C(CO)SC)cc(=O)[nH]1. The van der Waals surface area contributed by atoms with Crippen LogP contribution >= 0.6 is 11.8 Å². The first-order valence-electron chi connectivity index (χ1n) is 5.61. The molecule has 0 bridgehead atoms. The van der Waals surface area contributed by atoms with Crippen LogP contribution in [0.1, 0.15) is 19.7 Å². The summed E-state index contributed by atoms with van der Waals surface area (Å²) in [5, 5.41) is 12.4. The van der Waals surface area contributed by atoms with Crippen molar-refractivity contribution >= 4 is 17.6 Å². The van der Waals surface area contributed by atoms with Crippen molar-refractivity contribution in [3.63, 3.8) is 0 Å². The van der Waals surface area contributed by atoms with Crippen LogP contribution in [0.5, 0.6) is 0 Å². The van der Waals surface area contributed by atoms with Crippen molar-refractivity contribution in [2.45, 2.75) is 31.6 Å². The van der Waals surface area contributed by atoms with Gasteiger partial charge in [-0.15, -0.1) is 0 Å². The second-order valence-corrected chi connectivity index (χ2v) is 4.90. The zero-order valence-electron chi connectivity index (χ0n) is 10.4. The van der Waals surface area contributed by atoms with E-state index in [4.69, 9.17) is 0 Å². The molecule has 0 amide bonds. The first-order chi connectivity index (χ1) is 8.10. The van der Waals surface area contributed by atoms with Crippen LogP contribution < -0.4 is 10.9 Å². The van der Waals surface area contributed by atoms with Gasteiger partial charge in [0.25, 0.3) is 5.56 Å². The van der Waals surface area contributed by atoms with E-state index in [2.05, 4.69) is 15.3 Å². The van der Waals surface area contributed by atoms with Crippen molar-refractivity contribution in [2.24, 2.45) is 0 Å². The molecule has 0 aliphatic carbocycles. The largest absolute Gasteiger partial charge is 0.395 e. The molecule has 17 heavy (non-hydrogen) atoms. The molecule has 6 heteroatoms. The Morgan fingerprint density at radius 3 is 2.88 bits per heavy atom. The summed E-state index contributed by atoms with van der Waals surface area (Å²) in [5.41, 5.74) is -0.156. The molecule has 2 atom stereocenters. The van der Waals surface area contributed by atoms with E-state index in [0.29, 0.717) is 18.1 Å². The van der Waals surface area contributed by atoms with Crippen molar-refractivity contribution in [3.05, 3.63) is 22.2 Å². The third-order valence-electron chi connectivity index (χ3n) is 2.54. The molecule has 0 aliphatic heterocycles. The molecule has 1 aromatic rings. The maximum Gasteiger partial charge on any atom is 0.252 e. The van der Waals surface area contributed by atoms with Gasteiger partial charge in [0.1, 0.15) is 11.6 Å². The maximum atomic E-state index is 11.4. The van der Waals surface area contributed by atoms with E-state index in [1.165, 1.54) is 6.07 Å². The van der Waals surface area contributed by atoms with Gasteiger partial charge in [-0.2, -0.15) is 11.8 Å². The highest BCUT2D eigenvalue weighted by Crippen LogP contribution is 2.14. The molecular formula is C11H19N3O2S. The number of thioether (sulfide) groups is 1. The van der Waals surface area contributed by atoms with Crippen molar-refractivity contribution in [3.8, 4) is 0 Å². The molecule has 1 heterocycles. The summed E-state index contributed by atoms with van der Waals surface area (Å²) in [6.45, 7) is 3.99. The van der Waals surface area contributed by atoms with E-state index in [1.54, 1.807) is 11.8 Å². The zero-order chi connectivity index (χ0) is 12.8. The number of aliphatic hydroxyl groups is 1. The lowest BCUT2D eigenvalue weighted by atomic mass is 10.2. The molecule has 0 spiro atoms. The number of nitrogens with one attached hydrogen (secondary N) is 2. The molecule has 5 nitrogen and oxygen atoms in total. The van der Waals surface area contributed by atoms with Crippen molar-refractivity contribution in [1.29, 1.82) is 0 Å². The Balaban J connectivity index is 2.80. The van der Waals surface area contributed by atoms with Gasteiger partial charge in [0.2, 0.25) is 0 Å². The molecule has 2 unspecified atom stereocenters. The normalized spacial score (nSPS) is 14.4. The Labute approximate surface area is 105 Å². The average molecular weight is 257 g/mol. The van der Waals surface area contributed by atoms with Gasteiger partial charge in [-0.1, -0.05) is 6.92 Å². The van der Waals surface area contributed by atoms with Crippen LogP contribution in [0.25, 0.3) is 0 Å². The van der Waals surface area contributed by atoms with Crippen LogP contribution in [0.4, 0.5) is 5.82 Å². The molecule has 0 fully saturated rings. The first kappa shape index (κ1) is 14.1. The summed E-state index contributed by atoms with van der Waals surface area (Å²) in [4.78, 5) is 18.3. The average Bonchev–Trinajstić information content (AvgIpc) is 2.29. The maximum absolute atomic E-state index is 11.4. The van der Waals surface area contributed by atoms with Crippen LogP contribution in [0.15, 0.2) is 10.9 Å². The minimum Gasteiger partial charge on any atom is -0.395 e. The summed E-state index contributed by atoms with van der Waals surface area (Å²) in [6, 6.07) is 1.48. The number of aromatic nitrogens is 2. The van der Waals surface area contributed by atoms with Crippen LogP contribution in [0.2, 0.25) is 0 Å². The Morgan fingerprint density at radius 2 is 2.35 bits per heavy atom. The quantitative estimate of drug-likeness (QED) is 0.704. The predicted molar refractivity (Wildman–Crippen MR) is 71.7 cm³/mol. The lowest BCUT2D eigenvalue weighted by molar-refractivity contribution is 0.288. The van der Waals surface area contributed by atoms with E-state index in [0.717, 1.165) is 0 Å². The number of hydrogen-bond donors (Lipinski definition) is 3. The van der Waals surface area contributed by atoms with Gasteiger partial charge in [-0.05, 0) is 13.2 Å². The molecule has 0 saturated carbocycles. The first-order valence-corrected chi connectivity index (χ1v) is 6.90. The third kappa shape index (κ3) is 4.05. The van der Waals surface area contributed by atoms with Gasteiger partial charge in [0.05, 0.1) is 6.61 Å². The number of aliphatic hydroxyl groups excluding tert-OH is 1. The number of H-pyrrole nitrogens is 1. The van der Waals surface area contributed by atoms with Crippen LogP contribution in [-0.2, 0) is 6.42 Å². The molecule has 0 radical (unpaired) electrons. The standard InChI is InChI=1S/C11H19N3O2S/c1-4-9-13-10(5-11(16)14-9)12-7(2)8(6-15)17-3/h5,7-8,15H,4,6H2,1-3H3,(H2,12,13,14,16). The number of nitrogens with zero attached hydrogens (tertiary/aromatic N) is 1. The molecule has 3 N–H and O–H groups in total. The minimum absolute atomic E-state index is 0.0500. The van der Waals surface area contributed by atoms with Gasteiger partial charge in [-0.3, -0.25) is 4.79 Å². The monoisotopic (exact) mass is 257 g/mol. The lowest BCUT2D eigenvalue weighted by Crippen LogP contribution is -2.32. The predicted octanol–water partition coefficient (Wildman–Crippen LogP) is 0.857. The lowest BCUT2D eigenvalue weighted by Gasteiger charge is -2.21. The minimum atomic E-state index is -0.156. The van der Waals surface area contributed by atoms with E-state index >= 15 is 0 Å². The fraction of sp³-hybridized carbons (Fsp3) is 0.636. The van der Waals surface area contributed by atoms with Crippen LogP contribution in [0.3, 0.4) is 0 Å². The molecule has 1 aromatic heterocycles. The van der Waals surface area contributed by atoms with E-state index in [-0.39, 0.29) is 23.5 Å². The van der Waals surface area contributed by atoms with E-state index in [1.807, 2.05) is 20.1 Å². The number of hydrogen-bond acceptors (Lipinski definition) is 5. The number of aryl methyl sites for hydroxylation is 1. The molecule has 1 rings (SSSR count). The molecular weight excluding hydrogens is 238 g/mol. The molecule has 0 saturated heterocycles. The van der Waals surface area contributed by atoms with Gasteiger partial charge in [0, 0.05) is 23.8 Å². The fourth-order valence-electron chi connectivity index (χ4n) is 1.51. The number of aromatic amines is 1. The highest BCUT2D eigenvalue weighted by atomic mass is 32.2. The van der Waals surface area contributed by atoms with Gasteiger partial charge in [0.15, 0.2) is 0 Å². The summed E-state index contributed by atoms with van der Waals surface area (Å²) in [7, 11) is 0. The van der Waals surface area contributed by atoms with Crippen molar-refractivity contribution < 1.29 is 5.11 Å². The van der Waals surface area contributed by atoms with Crippen LogP contribution in [0, 0.1) is 0 Å². The third-order valence-corrected chi connectivity index (χ3v) is 3.70. The van der Waals surface area contributed by atoms with Crippen LogP contribution in [-0.4, -0.2) is 39.2 Å². The zero-order valence-corrected chi connectivity index (χ0v) is 11.2. The topological polar surface area (TPSA) is 78.0 Å². The fourth-order valence-corrected chi connectivity index (χ4v) is 2.14. The second kappa shape index (κ2) is 6.66. The Morgan fingerprint density at radius 1 is 1.65 bits per heavy atom. The van der Waals surface area contributed by atoms with Gasteiger partial charge >= 0.3 is 0 Å². The van der Waals surface area contributed by atoms with Crippen molar-refractivity contribution in [1.82, 2.24) is 9.97 Å². The number of anilines is 1. The second-order valence-electron chi connectivity index (χ2n) is 3.82. The summed E-state index contributed by atoms with van der Waals surface area (Å²) >= 11 is 1.59. The van der Waals surface area contributed by atoms with Crippen molar-refractivity contribution in [2.75, 3.05) is 18.2 Å². The Kier molecular flexibility index (Phi) is 5.50. The summed E-state index contributed by atoms with van der Waals surface area (Å²) in [5.74, 6) is 1.22. The van der Waals surface area contributed by atoms with Gasteiger partial charge < -0.3 is 15.4 Å². The van der Waals surface area contributed by atoms with E-state index in [9.17, 15) is 9.90 Å². The van der Waals surface area contributed by atoms with Gasteiger partial charge in [-0.25, -0.2) is 4.98 Å². The highest BCUT2D eigenvalue weighted by molar-refractivity contribution is 7.99. The Hall–Kier alpha value is -1.01. The molecule has 0 aromatic carbocycles. The number of rotatable bonds is 6. The summed E-state index contributed by atoms with van der Waals surface area (Å²) in [6.07, 6.45) is 2.63. The molecule has 0 aliphatic rings. The highest BCUT2D eigenvalue weighted by Gasteiger charge is 2.15. The summed E-state index contributed by atoms with van der Waals surface area (Å²) < 4.78 is 0. The Bertz CT molecular complexity index is 404. The van der Waals surface area contributed by atoms with E-state index < -0.39 is 0 Å². The smallest absolute Gasteiger partial charge is 0.252 e. The molecule has 96 valence electrons.